The van der Waals surface area contributed by atoms with Gasteiger partial charge in [0.25, 0.3) is 0 Å². The van der Waals surface area contributed by atoms with Crippen LogP contribution in [0.25, 0.3) is 0 Å². The number of hydrogen-bond acceptors (Lipinski definition) is 2. The van der Waals surface area contributed by atoms with Gasteiger partial charge in [0, 0.05) is 16.6 Å². The lowest BCUT2D eigenvalue weighted by molar-refractivity contribution is 0.0697. The van der Waals surface area contributed by atoms with Crippen LogP contribution in [0.3, 0.4) is 0 Å². The highest BCUT2D eigenvalue weighted by Crippen LogP contribution is 2.23. The molecule has 0 saturated carbocycles. The quantitative estimate of drug-likeness (QED) is 0.877. The predicted molar refractivity (Wildman–Crippen MR) is 77.1 cm³/mol. The Bertz CT molecular complexity index is 662. The molecule has 2 rings (SSSR count). The number of aromatic carboxylic acids is 1. The summed E-state index contributed by atoms with van der Waals surface area (Å²) in [4.78, 5) is 10.8. The van der Waals surface area contributed by atoms with Crippen LogP contribution in [0.4, 0.5) is 10.1 Å². The summed E-state index contributed by atoms with van der Waals surface area (Å²) in [6, 6.07) is 8.53. The van der Waals surface area contributed by atoms with Crippen molar-refractivity contribution in [3.05, 3.63) is 63.4 Å². The van der Waals surface area contributed by atoms with Crippen LogP contribution >= 0.6 is 23.2 Å². The van der Waals surface area contributed by atoms with E-state index < -0.39 is 11.8 Å². The van der Waals surface area contributed by atoms with Crippen LogP contribution in [0.15, 0.2) is 36.4 Å². The molecule has 0 amide bonds. The lowest BCUT2D eigenvalue weighted by Crippen LogP contribution is -2.04. The summed E-state index contributed by atoms with van der Waals surface area (Å²) in [5.74, 6) is -1.64. The van der Waals surface area contributed by atoms with Gasteiger partial charge in [-0.05, 0) is 35.9 Å². The molecule has 0 atom stereocenters. The molecule has 3 nitrogen and oxygen atoms in total. The Balaban J connectivity index is 2.18. The second kappa shape index (κ2) is 6.11. The lowest BCUT2D eigenvalue weighted by Gasteiger charge is -2.10. The minimum atomic E-state index is -1.11. The van der Waals surface area contributed by atoms with E-state index in [4.69, 9.17) is 28.3 Å². The largest absolute Gasteiger partial charge is 0.478 e. The Labute approximate surface area is 124 Å². The highest BCUT2D eigenvalue weighted by molar-refractivity contribution is 6.35. The van der Waals surface area contributed by atoms with Crippen molar-refractivity contribution in [3.63, 3.8) is 0 Å². The highest BCUT2D eigenvalue weighted by atomic mass is 35.5. The topological polar surface area (TPSA) is 49.3 Å². The molecular weight excluding hydrogens is 304 g/mol. The maximum atomic E-state index is 13.6. The summed E-state index contributed by atoms with van der Waals surface area (Å²) >= 11 is 11.8. The van der Waals surface area contributed by atoms with Gasteiger partial charge in [0.1, 0.15) is 5.82 Å². The number of carboxylic acid groups (broad SMARTS) is 1. The third kappa shape index (κ3) is 3.40. The van der Waals surface area contributed by atoms with E-state index in [0.29, 0.717) is 10.0 Å². The molecule has 0 bridgehead atoms. The lowest BCUT2D eigenvalue weighted by atomic mass is 10.1. The zero-order chi connectivity index (χ0) is 14.7. The zero-order valence-electron chi connectivity index (χ0n) is 10.2. The third-order valence-electron chi connectivity index (χ3n) is 2.70. The van der Waals surface area contributed by atoms with Crippen LogP contribution in [0.1, 0.15) is 15.9 Å². The molecule has 0 fully saturated rings. The van der Waals surface area contributed by atoms with Crippen LogP contribution in [0, 0.1) is 5.82 Å². The van der Waals surface area contributed by atoms with Gasteiger partial charge in [-0.15, -0.1) is 0 Å². The van der Waals surface area contributed by atoms with E-state index in [1.807, 2.05) is 0 Å². The minimum absolute atomic E-state index is 0.0103. The zero-order valence-corrected chi connectivity index (χ0v) is 11.7. The Morgan fingerprint density at radius 1 is 1.20 bits per heavy atom. The number of carboxylic acids is 1. The summed E-state index contributed by atoms with van der Waals surface area (Å²) < 4.78 is 13.6. The molecule has 0 heterocycles. The second-order valence-corrected chi connectivity index (χ2v) is 4.93. The predicted octanol–water partition coefficient (Wildman–Crippen LogP) is 4.44. The van der Waals surface area contributed by atoms with Crippen molar-refractivity contribution < 1.29 is 14.3 Å². The maximum Gasteiger partial charge on any atom is 0.335 e. The maximum absolute atomic E-state index is 13.6. The molecule has 0 spiro atoms. The summed E-state index contributed by atoms with van der Waals surface area (Å²) in [5, 5.41) is 12.7. The summed E-state index contributed by atoms with van der Waals surface area (Å²) in [5.41, 5.74) is 0.850. The Morgan fingerprint density at radius 2 is 1.95 bits per heavy atom. The van der Waals surface area contributed by atoms with Crippen molar-refractivity contribution in [1.82, 2.24) is 0 Å². The molecule has 20 heavy (non-hydrogen) atoms. The standard InChI is InChI=1S/C14H10Cl2FNO2/c15-10-3-1-9(11(16)6-10)7-18-13-5-8(14(19)20)2-4-12(13)17/h1-6,18H,7H2,(H,19,20). The van der Waals surface area contributed by atoms with Crippen molar-refractivity contribution >= 4 is 34.9 Å². The molecular formula is C14H10Cl2FNO2. The van der Waals surface area contributed by atoms with E-state index in [9.17, 15) is 9.18 Å². The number of rotatable bonds is 4. The second-order valence-electron chi connectivity index (χ2n) is 4.09. The number of hydrogen-bond donors (Lipinski definition) is 2. The number of halogens is 3. The van der Waals surface area contributed by atoms with Gasteiger partial charge < -0.3 is 10.4 Å². The molecule has 104 valence electrons. The molecule has 0 aliphatic carbocycles. The Morgan fingerprint density at radius 3 is 2.60 bits per heavy atom. The van der Waals surface area contributed by atoms with Crippen LogP contribution in [0.5, 0.6) is 0 Å². The van der Waals surface area contributed by atoms with Crippen molar-refractivity contribution in [3.8, 4) is 0 Å². The normalized spacial score (nSPS) is 10.3. The molecule has 0 unspecified atom stereocenters. The summed E-state index contributed by atoms with van der Waals surface area (Å²) in [6.45, 7) is 0.260. The van der Waals surface area contributed by atoms with Crippen molar-refractivity contribution in [2.45, 2.75) is 6.54 Å². The van der Waals surface area contributed by atoms with Gasteiger partial charge in [-0.2, -0.15) is 0 Å². The van der Waals surface area contributed by atoms with E-state index in [2.05, 4.69) is 5.32 Å². The summed E-state index contributed by atoms with van der Waals surface area (Å²) in [6.07, 6.45) is 0. The van der Waals surface area contributed by atoms with E-state index in [1.54, 1.807) is 18.2 Å². The van der Waals surface area contributed by atoms with Crippen molar-refractivity contribution in [2.24, 2.45) is 0 Å². The first-order chi connectivity index (χ1) is 9.47. The fourth-order valence-corrected chi connectivity index (χ4v) is 2.12. The SMILES string of the molecule is O=C(O)c1ccc(F)c(NCc2ccc(Cl)cc2Cl)c1. The van der Waals surface area contributed by atoms with E-state index in [0.717, 1.165) is 11.6 Å². The molecule has 6 heteroatoms. The molecule has 0 radical (unpaired) electrons. The molecule has 0 saturated heterocycles. The molecule has 2 aromatic carbocycles. The van der Waals surface area contributed by atoms with Gasteiger partial charge in [0.15, 0.2) is 0 Å². The molecule has 0 aromatic heterocycles. The van der Waals surface area contributed by atoms with Gasteiger partial charge >= 0.3 is 5.97 Å². The van der Waals surface area contributed by atoms with Crippen LogP contribution in [0.2, 0.25) is 10.0 Å². The molecule has 0 aliphatic heterocycles. The monoisotopic (exact) mass is 313 g/mol. The van der Waals surface area contributed by atoms with E-state index >= 15 is 0 Å². The van der Waals surface area contributed by atoms with Gasteiger partial charge in [-0.3, -0.25) is 0 Å². The fourth-order valence-electron chi connectivity index (χ4n) is 1.65. The summed E-state index contributed by atoms with van der Waals surface area (Å²) in [7, 11) is 0. The van der Waals surface area contributed by atoms with Gasteiger partial charge in [-0.1, -0.05) is 29.3 Å². The van der Waals surface area contributed by atoms with Gasteiger partial charge in [0.2, 0.25) is 0 Å². The first-order valence-corrected chi connectivity index (χ1v) is 6.43. The first-order valence-electron chi connectivity index (χ1n) is 5.68. The average Bonchev–Trinajstić information content (AvgIpc) is 2.39. The smallest absolute Gasteiger partial charge is 0.335 e. The number of anilines is 1. The fraction of sp³-hybridized carbons (Fsp3) is 0.0714. The molecule has 0 aliphatic rings. The first kappa shape index (κ1) is 14.6. The van der Waals surface area contributed by atoms with Crippen molar-refractivity contribution in [1.29, 1.82) is 0 Å². The average molecular weight is 314 g/mol. The van der Waals surface area contributed by atoms with E-state index in [-0.39, 0.29) is 17.8 Å². The minimum Gasteiger partial charge on any atom is -0.478 e. The number of carbonyl (C=O) groups is 1. The number of nitrogens with one attached hydrogen (secondary N) is 1. The van der Waals surface area contributed by atoms with Gasteiger partial charge in [0.05, 0.1) is 11.3 Å². The highest BCUT2D eigenvalue weighted by Gasteiger charge is 2.09. The van der Waals surface area contributed by atoms with Crippen molar-refractivity contribution in [2.75, 3.05) is 5.32 Å². The molecule has 2 aromatic rings. The third-order valence-corrected chi connectivity index (χ3v) is 3.28. The van der Waals surface area contributed by atoms with Gasteiger partial charge in [-0.25, -0.2) is 9.18 Å². The van der Waals surface area contributed by atoms with E-state index in [1.165, 1.54) is 12.1 Å². The Hall–Kier alpha value is -1.78. The van der Waals surface area contributed by atoms with Crippen LogP contribution < -0.4 is 5.32 Å². The number of benzene rings is 2. The molecule has 2 N–H and O–H groups in total. The van der Waals surface area contributed by atoms with Crippen LogP contribution in [-0.2, 0) is 6.54 Å². The van der Waals surface area contributed by atoms with Crippen LogP contribution in [-0.4, -0.2) is 11.1 Å². The Kier molecular flexibility index (Phi) is 4.47.